The van der Waals surface area contributed by atoms with Gasteiger partial charge in [0.2, 0.25) is 0 Å². The Morgan fingerprint density at radius 3 is 2.68 bits per heavy atom. The van der Waals surface area contributed by atoms with E-state index in [4.69, 9.17) is 4.74 Å². The number of nitrogens with one attached hydrogen (secondary N) is 1. The predicted octanol–water partition coefficient (Wildman–Crippen LogP) is 1.57. The molecular formula is C13H14FNO4. The van der Waals surface area contributed by atoms with E-state index in [-0.39, 0.29) is 19.6 Å². The average Bonchev–Trinajstić information content (AvgIpc) is 2.84. The molecule has 1 fully saturated rings. The van der Waals surface area contributed by atoms with Crippen LogP contribution in [0.25, 0.3) is 0 Å². The van der Waals surface area contributed by atoms with E-state index >= 15 is 0 Å². The van der Waals surface area contributed by atoms with Crippen molar-refractivity contribution in [3.8, 4) is 0 Å². The molecule has 0 spiro atoms. The third kappa shape index (κ3) is 4.03. The van der Waals surface area contributed by atoms with Gasteiger partial charge in [0, 0.05) is 13.0 Å². The van der Waals surface area contributed by atoms with Crippen molar-refractivity contribution in [2.75, 3.05) is 6.54 Å². The molecule has 2 rings (SSSR count). The molecule has 1 saturated heterocycles. The molecule has 6 heteroatoms. The largest absolute Gasteiger partial charge is 0.516 e. The van der Waals surface area contributed by atoms with E-state index in [0.717, 1.165) is 5.56 Å². The maximum Gasteiger partial charge on any atom is 0.516 e. The first kappa shape index (κ1) is 13.5. The molecule has 0 amide bonds. The van der Waals surface area contributed by atoms with Gasteiger partial charge in [-0.15, -0.1) is 0 Å². The molecule has 1 aromatic rings. The van der Waals surface area contributed by atoms with Crippen molar-refractivity contribution in [3.05, 3.63) is 35.9 Å². The number of hydrogen-bond acceptors (Lipinski definition) is 5. The van der Waals surface area contributed by atoms with Crippen LogP contribution >= 0.6 is 0 Å². The minimum absolute atomic E-state index is 0.0186. The van der Waals surface area contributed by atoms with Crippen LogP contribution in [-0.2, 0) is 20.9 Å². The van der Waals surface area contributed by atoms with Crippen LogP contribution < -0.4 is 5.32 Å². The Kier molecular flexibility index (Phi) is 4.46. The van der Waals surface area contributed by atoms with Crippen LogP contribution in [0.15, 0.2) is 30.3 Å². The third-order valence-electron chi connectivity index (χ3n) is 2.75. The van der Waals surface area contributed by atoms with Crippen LogP contribution in [0.5, 0.6) is 0 Å². The zero-order chi connectivity index (χ0) is 13.7. The average molecular weight is 267 g/mol. The first-order valence-electron chi connectivity index (χ1n) is 5.95. The van der Waals surface area contributed by atoms with Gasteiger partial charge in [-0.25, -0.2) is 14.0 Å². The van der Waals surface area contributed by atoms with Gasteiger partial charge in [-0.1, -0.05) is 30.3 Å². The lowest BCUT2D eigenvalue weighted by Gasteiger charge is -2.08. The Balaban J connectivity index is 1.74. The van der Waals surface area contributed by atoms with Gasteiger partial charge in [0.05, 0.1) is 0 Å². The first-order valence-corrected chi connectivity index (χ1v) is 5.95. The van der Waals surface area contributed by atoms with E-state index in [9.17, 15) is 14.0 Å². The summed E-state index contributed by atoms with van der Waals surface area (Å²) in [5, 5.41) is 2.63. The molecule has 5 nitrogen and oxygen atoms in total. The number of carbonyl (C=O) groups is 2. The molecular weight excluding hydrogens is 253 g/mol. The van der Waals surface area contributed by atoms with Crippen molar-refractivity contribution in [2.24, 2.45) is 0 Å². The highest BCUT2D eigenvalue weighted by molar-refractivity contribution is 5.85. The second-order valence-corrected chi connectivity index (χ2v) is 4.24. The zero-order valence-electron chi connectivity index (χ0n) is 10.2. The fourth-order valence-corrected chi connectivity index (χ4v) is 1.77. The number of halogens is 1. The molecule has 0 saturated carbocycles. The van der Waals surface area contributed by atoms with E-state index in [2.05, 4.69) is 10.1 Å². The van der Waals surface area contributed by atoms with Gasteiger partial charge >= 0.3 is 12.1 Å². The molecule has 1 N–H and O–H groups in total. The maximum absolute atomic E-state index is 12.9. The Morgan fingerprint density at radius 1 is 1.32 bits per heavy atom. The van der Waals surface area contributed by atoms with Crippen LogP contribution in [0.4, 0.5) is 9.18 Å². The highest BCUT2D eigenvalue weighted by atomic mass is 19.1. The van der Waals surface area contributed by atoms with E-state index in [0.29, 0.717) is 0 Å². The monoisotopic (exact) mass is 267 g/mol. The van der Waals surface area contributed by atoms with Crippen molar-refractivity contribution < 1.29 is 23.5 Å². The number of carbonyl (C=O) groups excluding carboxylic acids is 2. The summed E-state index contributed by atoms with van der Waals surface area (Å²) in [5.74, 6) is -0.807. The van der Waals surface area contributed by atoms with E-state index in [1.165, 1.54) is 0 Å². The molecule has 0 bridgehead atoms. The lowest BCUT2D eigenvalue weighted by Crippen LogP contribution is -2.33. The Morgan fingerprint density at radius 2 is 2.05 bits per heavy atom. The lowest BCUT2D eigenvalue weighted by atomic mass is 10.2. The minimum Gasteiger partial charge on any atom is -0.429 e. The molecule has 19 heavy (non-hydrogen) atoms. The van der Waals surface area contributed by atoms with Gasteiger partial charge in [0.15, 0.2) is 0 Å². The van der Waals surface area contributed by atoms with Crippen LogP contribution in [0.3, 0.4) is 0 Å². The summed E-state index contributed by atoms with van der Waals surface area (Å²) in [6, 6.07) is 8.23. The summed E-state index contributed by atoms with van der Waals surface area (Å²) in [5.41, 5.74) is 0.787. The fraction of sp³-hybridized carbons (Fsp3) is 0.385. The molecule has 1 aromatic carbocycles. The Bertz CT molecular complexity index is 451. The summed E-state index contributed by atoms with van der Waals surface area (Å²) < 4.78 is 22.1. The van der Waals surface area contributed by atoms with Crippen molar-refractivity contribution in [1.29, 1.82) is 0 Å². The van der Waals surface area contributed by atoms with Crippen molar-refractivity contribution in [3.63, 3.8) is 0 Å². The highest BCUT2D eigenvalue weighted by Crippen LogP contribution is 2.11. The topological polar surface area (TPSA) is 64.6 Å². The number of ether oxygens (including phenoxy) is 2. The van der Waals surface area contributed by atoms with Gasteiger partial charge in [-0.05, 0) is 5.56 Å². The summed E-state index contributed by atoms with van der Waals surface area (Å²) in [6.45, 7) is 0.121. The van der Waals surface area contributed by atoms with Gasteiger partial charge < -0.3 is 14.8 Å². The second-order valence-electron chi connectivity index (χ2n) is 4.24. The van der Waals surface area contributed by atoms with Crippen molar-refractivity contribution in [1.82, 2.24) is 5.32 Å². The number of alkyl halides is 1. The number of esters is 1. The quantitative estimate of drug-likeness (QED) is 0.665. The smallest absolute Gasteiger partial charge is 0.429 e. The van der Waals surface area contributed by atoms with Crippen molar-refractivity contribution in [2.45, 2.75) is 25.2 Å². The van der Waals surface area contributed by atoms with Gasteiger partial charge in [0.25, 0.3) is 0 Å². The zero-order valence-corrected chi connectivity index (χ0v) is 10.2. The fourth-order valence-electron chi connectivity index (χ4n) is 1.77. The van der Waals surface area contributed by atoms with Crippen LogP contribution in [0, 0.1) is 0 Å². The standard InChI is InChI=1S/C13H14FNO4/c14-10-6-11(15-7-10)12(16)19-13(17)18-8-9-4-2-1-3-5-9/h1-5,10-11,15H,6-8H2/t10-,11-/m0/s1. The van der Waals surface area contributed by atoms with Crippen molar-refractivity contribution >= 4 is 12.1 Å². The Hall–Kier alpha value is -1.95. The molecule has 0 unspecified atom stereocenters. The van der Waals surface area contributed by atoms with E-state index in [1.54, 1.807) is 24.3 Å². The normalized spacial score (nSPS) is 21.9. The van der Waals surface area contributed by atoms with E-state index < -0.39 is 24.3 Å². The summed E-state index contributed by atoms with van der Waals surface area (Å²) >= 11 is 0. The van der Waals surface area contributed by atoms with Crippen LogP contribution in [0.1, 0.15) is 12.0 Å². The molecule has 0 radical (unpaired) electrons. The third-order valence-corrected chi connectivity index (χ3v) is 2.75. The molecule has 102 valence electrons. The molecule has 1 heterocycles. The van der Waals surface area contributed by atoms with Gasteiger partial charge in [-0.3, -0.25) is 0 Å². The number of hydrogen-bond donors (Lipinski definition) is 1. The number of benzene rings is 1. The highest BCUT2D eigenvalue weighted by Gasteiger charge is 2.32. The molecule has 1 aliphatic rings. The summed E-state index contributed by atoms with van der Waals surface area (Å²) in [4.78, 5) is 22.7. The first-order chi connectivity index (χ1) is 9.15. The number of rotatable bonds is 3. The van der Waals surface area contributed by atoms with Crippen LogP contribution in [0.2, 0.25) is 0 Å². The van der Waals surface area contributed by atoms with E-state index in [1.807, 2.05) is 6.07 Å². The summed E-state index contributed by atoms with van der Waals surface area (Å²) in [7, 11) is 0. The minimum atomic E-state index is -1.09. The molecule has 2 atom stereocenters. The SMILES string of the molecule is O=C(OCc1ccccc1)OC(=O)[C@@H]1C[C@H](F)CN1. The maximum atomic E-state index is 12.9. The predicted molar refractivity (Wildman–Crippen MR) is 64.0 cm³/mol. The summed E-state index contributed by atoms with van der Waals surface area (Å²) in [6.07, 6.45) is -2.14. The lowest BCUT2D eigenvalue weighted by molar-refractivity contribution is -0.142. The molecule has 0 aromatic heterocycles. The van der Waals surface area contributed by atoms with Gasteiger partial charge in [0.1, 0.15) is 18.8 Å². The van der Waals surface area contributed by atoms with Gasteiger partial charge in [-0.2, -0.15) is 0 Å². The molecule has 0 aliphatic carbocycles. The second kappa shape index (κ2) is 6.29. The molecule has 1 aliphatic heterocycles. The Labute approximate surface area is 109 Å². The van der Waals surface area contributed by atoms with Crippen LogP contribution in [-0.4, -0.2) is 30.9 Å².